The molecule has 2 rings (SSSR count). The van der Waals surface area contributed by atoms with Crippen molar-refractivity contribution in [1.29, 1.82) is 0 Å². The molecule has 7 heteroatoms. The first-order valence-electron chi connectivity index (χ1n) is 6.53. The van der Waals surface area contributed by atoms with Crippen LogP contribution >= 0.6 is 11.6 Å². The van der Waals surface area contributed by atoms with Crippen molar-refractivity contribution in [2.24, 2.45) is 11.7 Å². The number of sulfonamides is 1. The molecule has 1 saturated heterocycles. The van der Waals surface area contributed by atoms with E-state index in [0.29, 0.717) is 12.5 Å². The monoisotopic (exact) mass is 320 g/mol. The van der Waals surface area contributed by atoms with E-state index < -0.39 is 15.8 Å². The third-order valence-electron chi connectivity index (χ3n) is 3.69. The fraction of sp³-hybridized carbons (Fsp3) is 0.538. The van der Waals surface area contributed by atoms with E-state index in [4.69, 9.17) is 17.3 Å². The summed E-state index contributed by atoms with van der Waals surface area (Å²) in [6.07, 6.45) is 1.54. The minimum Gasteiger partial charge on any atom is -0.329 e. The lowest BCUT2D eigenvalue weighted by Gasteiger charge is -2.36. The molecule has 1 aliphatic heterocycles. The van der Waals surface area contributed by atoms with Crippen LogP contribution in [0.3, 0.4) is 0 Å². The highest BCUT2D eigenvalue weighted by Crippen LogP contribution is 2.29. The van der Waals surface area contributed by atoms with Gasteiger partial charge < -0.3 is 5.73 Å². The maximum atomic E-state index is 13.2. The zero-order valence-corrected chi connectivity index (χ0v) is 12.8. The number of hydrogen-bond acceptors (Lipinski definition) is 3. The third-order valence-corrected chi connectivity index (χ3v) is 5.93. The second-order valence-electron chi connectivity index (χ2n) is 5.21. The Morgan fingerprint density at radius 2 is 2.20 bits per heavy atom. The van der Waals surface area contributed by atoms with Crippen LogP contribution in [0.1, 0.15) is 19.8 Å². The molecule has 1 aromatic carbocycles. The van der Waals surface area contributed by atoms with Crippen LogP contribution in [0, 0.1) is 11.7 Å². The molecule has 1 aliphatic rings. The summed E-state index contributed by atoms with van der Waals surface area (Å²) in [5, 5.41) is -0.194. The van der Waals surface area contributed by atoms with Gasteiger partial charge in [-0.3, -0.25) is 0 Å². The molecule has 0 saturated carbocycles. The zero-order valence-electron chi connectivity index (χ0n) is 11.2. The summed E-state index contributed by atoms with van der Waals surface area (Å²) in [7, 11) is -3.68. The van der Waals surface area contributed by atoms with Crippen LogP contribution in [0.25, 0.3) is 0 Å². The lowest BCUT2D eigenvalue weighted by Crippen LogP contribution is -2.49. The summed E-state index contributed by atoms with van der Waals surface area (Å²) >= 11 is 5.67. The molecule has 20 heavy (non-hydrogen) atoms. The van der Waals surface area contributed by atoms with Gasteiger partial charge in [-0.1, -0.05) is 18.5 Å². The number of nitrogens with zero attached hydrogens (tertiary/aromatic N) is 1. The highest BCUT2D eigenvalue weighted by Gasteiger charge is 2.35. The summed E-state index contributed by atoms with van der Waals surface area (Å²) in [6.45, 7) is 2.79. The van der Waals surface area contributed by atoms with Crippen LogP contribution < -0.4 is 5.73 Å². The van der Waals surface area contributed by atoms with E-state index in [0.717, 1.165) is 25.0 Å². The van der Waals surface area contributed by atoms with Crippen LogP contribution in [-0.4, -0.2) is 31.9 Å². The molecule has 0 amide bonds. The predicted octanol–water partition coefficient (Wildman–Crippen LogP) is 2.23. The number of halogens is 2. The summed E-state index contributed by atoms with van der Waals surface area (Å²) in [4.78, 5) is 0.0110. The van der Waals surface area contributed by atoms with E-state index >= 15 is 0 Å². The van der Waals surface area contributed by atoms with Gasteiger partial charge in [0.15, 0.2) is 0 Å². The van der Waals surface area contributed by atoms with E-state index in [1.165, 1.54) is 10.4 Å². The Labute approximate surface area is 123 Å². The van der Waals surface area contributed by atoms with Crippen molar-refractivity contribution >= 4 is 21.6 Å². The lowest BCUT2D eigenvalue weighted by atomic mass is 9.94. The average molecular weight is 321 g/mol. The van der Waals surface area contributed by atoms with Crippen molar-refractivity contribution in [3.8, 4) is 0 Å². The molecular weight excluding hydrogens is 303 g/mol. The number of hydrogen-bond donors (Lipinski definition) is 1. The molecule has 1 aromatic rings. The van der Waals surface area contributed by atoms with Crippen LogP contribution in [0.5, 0.6) is 0 Å². The molecule has 0 aliphatic carbocycles. The van der Waals surface area contributed by atoms with Gasteiger partial charge in [-0.25, -0.2) is 12.8 Å². The van der Waals surface area contributed by atoms with Gasteiger partial charge in [0, 0.05) is 19.1 Å². The number of nitrogens with two attached hydrogens (primary N) is 1. The molecule has 1 heterocycles. The Morgan fingerprint density at radius 1 is 1.50 bits per heavy atom. The number of piperidine rings is 1. The molecule has 2 N–H and O–H groups in total. The van der Waals surface area contributed by atoms with Crippen molar-refractivity contribution in [1.82, 2.24) is 4.31 Å². The Balaban J connectivity index is 2.35. The lowest BCUT2D eigenvalue weighted by molar-refractivity contribution is 0.211. The highest BCUT2D eigenvalue weighted by atomic mass is 35.5. The highest BCUT2D eigenvalue weighted by molar-refractivity contribution is 7.89. The summed E-state index contributed by atoms with van der Waals surface area (Å²) in [6, 6.07) is 3.24. The van der Waals surface area contributed by atoms with Gasteiger partial charge in [-0.15, -0.1) is 0 Å². The normalized spacial score (nSPS) is 24.8. The molecular formula is C13H18ClFN2O2S. The minimum atomic E-state index is -3.68. The Morgan fingerprint density at radius 3 is 2.80 bits per heavy atom. The van der Waals surface area contributed by atoms with E-state index in [1.54, 1.807) is 0 Å². The molecule has 0 radical (unpaired) electrons. The Kier molecular flexibility index (Phi) is 4.69. The van der Waals surface area contributed by atoms with E-state index in [1.807, 2.05) is 0 Å². The molecule has 2 atom stereocenters. The Bertz CT molecular complexity index is 594. The van der Waals surface area contributed by atoms with Gasteiger partial charge >= 0.3 is 0 Å². The first-order valence-corrected chi connectivity index (χ1v) is 8.35. The fourth-order valence-electron chi connectivity index (χ4n) is 2.53. The molecule has 0 spiro atoms. The van der Waals surface area contributed by atoms with Gasteiger partial charge in [0.25, 0.3) is 0 Å². The summed E-state index contributed by atoms with van der Waals surface area (Å²) in [5.41, 5.74) is 5.69. The topological polar surface area (TPSA) is 63.4 Å². The van der Waals surface area contributed by atoms with Crippen LogP contribution in [-0.2, 0) is 10.0 Å². The van der Waals surface area contributed by atoms with Crippen molar-refractivity contribution < 1.29 is 12.8 Å². The van der Waals surface area contributed by atoms with Gasteiger partial charge in [-0.2, -0.15) is 4.31 Å². The summed E-state index contributed by atoms with van der Waals surface area (Å²) < 4.78 is 39.8. The van der Waals surface area contributed by atoms with Crippen LogP contribution in [0.4, 0.5) is 4.39 Å². The SMILES string of the molecule is CC1CCN(S(=O)(=O)c2ccc(F)c(Cl)c2)C(CN)C1. The molecule has 0 bridgehead atoms. The van der Waals surface area contributed by atoms with Crippen molar-refractivity contribution in [2.45, 2.75) is 30.7 Å². The van der Waals surface area contributed by atoms with E-state index in [2.05, 4.69) is 6.92 Å². The largest absolute Gasteiger partial charge is 0.329 e. The molecule has 1 fully saturated rings. The predicted molar refractivity (Wildman–Crippen MR) is 76.5 cm³/mol. The van der Waals surface area contributed by atoms with Crippen LogP contribution in [0.15, 0.2) is 23.1 Å². The summed E-state index contributed by atoms with van der Waals surface area (Å²) in [5.74, 6) is -0.180. The maximum Gasteiger partial charge on any atom is 0.243 e. The third kappa shape index (κ3) is 2.98. The molecule has 4 nitrogen and oxygen atoms in total. The number of benzene rings is 1. The van der Waals surface area contributed by atoms with Crippen molar-refractivity contribution in [3.63, 3.8) is 0 Å². The van der Waals surface area contributed by atoms with Gasteiger partial charge in [0.1, 0.15) is 5.82 Å². The quantitative estimate of drug-likeness (QED) is 0.929. The smallest absolute Gasteiger partial charge is 0.243 e. The molecule has 2 unspecified atom stereocenters. The maximum absolute atomic E-state index is 13.2. The first kappa shape index (κ1) is 15.7. The second-order valence-corrected chi connectivity index (χ2v) is 7.51. The van der Waals surface area contributed by atoms with Crippen molar-refractivity contribution in [3.05, 3.63) is 29.0 Å². The average Bonchev–Trinajstić information content (AvgIpc) is 2.41. The van der Waals surface area contributed by atoms with Crippen LogP contribution in [0.2, 0.25) is 5.02 Å². The standard InChI is InChI=1S/C13H18ClFN2O2S/c1-9-4-5-17(10(6-9)8-16)20(18,19)11-2-3-13(15)12(14)7-11/h2-3,7,9-10H,4-6,8,16H2,1H3. The van der Waals surface area contributed by atoms with Gasteiger partial charge in [-0.05, 0) is 37.0 Å². The van der Waals surface area contributed by atoms with Gasteiger partial charge in [0.2, 0.25) is 10.0 Å². The van der Waals surface area contributed by atoms with Gasteiger partial charge in [0.05, 0.1) is 9.92 Å². The Hall–Kier alpha value is -0.690. The molecule has 112 valence electrons. The second kappa shape index (κ2) is 5.97. The van der Waals surface area contributed by atoms with E-state index in [9.17, 15) is 12.8 Å². The van der Waals surface area contributed by atoms with E-state index in [-0.39, 0.29) is 22.5 Å². The zero-order chi connectivity index (χ0) is 14.9. The van der Waals surface area contributed by atoms with Crippen molar-refractivity contribution in [2.75, 3.05) is 13.1 Å². The number of rotatable bonds is 3. The molecule has 0 aromatic heterocycles. The first-order chi connectivity index (χ1) is 9.36. The fourth-order valence-corrected chi connectivity index (χ4v) is 4.47. The minimum absolute atomic E-state index is 0.0110.